The summed E-state index contributed by atoms with van der Waals surface area (Å²) in [7, 11) is 0. The van der Waals surface area contributed by atoms with Crippen LogP contribution in [0.1, 0.15) is 35.7 Å². The highest BCUT2D eigenvalue weighted by molar-refractivity contribution is 5.94. The first-order valence-electron chi connectivity index (χ1n) is 7.84. The summed E-state index contributed by atoms with van der Waals surface area (Å²) in [6, 6.07) is 6.31. The Kier molecular flexibility index (Phi) is 4.22. The second-order valence-corrected chi connectivity index (χ2v) is 6.30. The summed E-state index contributed by atoms with van der Waals surface area (Å²) in [6.45, 7) is 4.26. The molecule has 1 amide bonds. The Bertz CT molecular complexity index is 871. The summed E-state index contributed by atoms with van der Waals surface area (Å²) < 4.78 is 6.93. The average Bonchev–Trinajstić information content (AvgIpc) is 2.57. The van der Waals surface area contributed by atoms with Crippen molar-refractivity contribution in [2.45, 2.75) is 32.5 Å². The highest BCUT2D eigenvalue weighted by Gasteiger charge is 2.34. The Hall–Kier alpha value is -2.87. The zero-order valence-electron chi connectivity index (χ0n) is 13.9. The number of ether oxygens (including phenoxy) is 1. The molecule has 1 aromatic heterocycles. The topological polar surface area (TPSA) is 114 Å². The van der Waals surface area contributed by atoms with Crippen molar-refractivity contribution in [3.05, 3.63) is 51.7 Å². The number of carbonyl (C=O) groups is 1. The van der Waals surface area contributed by atoms with Gasteiger partial charge in [-0.1, -0.05) is 12.1 Å². The molecule has 25 heavy (non-hydrogen) atoms. The number of phenols is 1. The van der Waals surface area contributed by atoms with Crippen molar-refractivity contribution < 1.29 is 19.7 Å². The lowest BCUT2D eigenvalue weighted by Gasteiger charge is -2.32. The Balaban J connectivity index is 1.89. The Morgan fingerprint density at radius 1 is 1.32 bits per heavy atom. The van der Waals surface area contributed by atoms with E-state index in [2.05, 4.69) is 10.3 Å². The maximum absolute atomic E-state index is 12.4. The summed E-state index contributed by atoms with van der Waals surface area (Å²) in [5, 5.41) is 22.0. The van der Waals surface area contributed by atoms with Gasteiger partial charge in [-0.15, -0.1) is 0 Å². The number of carbonyl (C=O) groups excluding carboxylic acids is 1. The molecule has 132 valence electrons. The van der Waals surface area contributed by atoms with Crippen LogP contribution in [0, 0.1) is 0 Å². The normalized spacial score (nSPS) is 15.4. The summed E-state index contributed by atoms with van der Waals surface area (Å²) in [5.74, 6) is -0.909. The van der Waals surface area contributed by atoms with Crippen LogP contribution in [0.3, 0.4) is 0 Å². The van der Waals surface area contributed by atoms with Crippen LogP contribution >= 0.6 is 0 Å². The summed E-state index contributed by atoms with van der Waals surface area (Å²) in [6.07, 6.45) is 0. The van der Waals surface area contributed by atoms with E-state index in [9.17, 15) is 19.8 Å². The van der Waals surface area contributed by atoms with Gasteiger partial charge in [0.1, 0.15) is 17.2 Å². The van der Waals surface area contributed by atoms with E-state index in [-0.39, 0.29) is 24.5 Å². The highest BCUT2D eigenvalue weighted by atomic mass is 16.5. The minimum absolute atomic E-state index is 0.124. The molecule has 0 fully saturated rings. The molecule has 8 nitrogen and oxygen atoms in total. The van der Waals surface area contributed by atoms with Crippen molar-refractivity contribution in [3.63, 3.8) is 0 Å². The number of fused-ring (bicyclic) bond motifs is 1. The van der Waals surface area contributed by atoms with E-state index in [1.807, 2.05) is 0 Å². The van der Waals surface area contributed by atoms with Crippen molar-refractivity contribution in [1.82, 2.24) is 14.9 Å². The van der Waals surface area contributed by atoms with Gasteiger partial charge in [0, 0.05) is 6.54 Å². The standard InChI is InChI=1S/C17H19N3O5/c1-17(2)16-19-12(13(22)15(24)20(16)7-8-25-17)14(23)18-9-10-3-5-11(21)6-4-10/h3-6,21-22H,7-9H2,1-2H3,(H,18,23). The molecule has 3 rings (SSSR count). The summed E-state index contributed by atoms with van der Waals surface area (Å²) >= 11 is 0. The van der Waals surface area contributed by atoms with E-state index in [1.54, 1.807) is 26.0 Å². The van der Waals surface area contributed by atoms with E-state index in [0.29, 0.717) is 12.4 Å². The lowest BCUT2D eigenvalue weighted by Crippen LogP contribution is -2.42. The smallest absolute Gasteiger partial charge is 0.296 e. The number of aromatic nitrogens is 2. The zero-order chi connectivity index (χ0) is 18.2. The number of hydrogen-bond donors (Lipinski definition) is 3. The van der Waals surface area contributed by atoms with E-state index in [0.717, 1.165) is 5.56 Å². The molecular formula is C17H19N3O5. The van der Waals surface area contributed by atoms with Crippen molar-refractivity contribution >= 4 is 5.91 Å². The third-order valence-electron chi connectivity index (χ3n) is 4.07. The maximum atomic E-state index is 12.4. The Morgan fingerprint density at radius 3 is 2.68 bits per heavy atom. The van der Waals surface area contributed by atoms with Crippen LogP contribution in [0.2, 0.25) is 0 Å². The van der Waals surface area contributed by atoms with Gasteiger partial charge in [0.15, 0.2) is 5.69 Å². The molecule has 0 unspecified atom stereocenters. The largest absolute Gasteiger partial charge is 0.508 e. The van der Waals surface area contributed by atoms with Crippen molar-refractivity contribution in [2.24, 2.45) is 0 Å². The van der Waals surface area contributed by atoms with Gasteiger partial charge in [0.2, 0.25) is 5.75 Å². The summed E-state index contributed by atoms with van der Waals surface area (Å²) in [4.78, 5) is 28.9. The van der Waals surface area contributed by atoms with E-state index in [1.165, 1.54) is 16.7 Å². The van der Waals surface area contributed by atoms with Gasteiger partial charge in [0.05, 0.1) is 13.2 Å². The molecule has 0 saturated heterocycles. The lowest BCUT2D eigenvalue weighted by molar-refractivity contribution is -0.0566. The number of phenolic OH excluding ortho intramolecular Hbond substituents is 1. The number of nitrogens with zero attached hydrogens (tertiary/aromatic N) is 2. The van der Waals surface area contributed by atoms with Gasteiger partial charge >= 0.3 is 0 Å². The molecule has 0 radical (unpaired) electrons. The molecule has 1 aliphatic heterocycles. The van der Waals surface area contributed by atoms with Crippen LogP contribution in [0.4, 0.5) is 0 Å². The second-order valence-electron chi connectivity index (χ2n) is 6.30. The van der Waals surface area contributed by atoms with Crippen LogP contribution in [-0.2, 0) is 23.4 Å². The van der Waals surface area contributed by atoms with Gasteiger partial charge in [0.25, 0.3) is 11.5 Å². The number of benzene rings is 1. The minimum atomic E-state index is -0.836. The molecule has 0 atom stereocenters. The number of hydrogen-bond acceptors (Lipinski definition) is 6. The first-order chi connectivity index (χ1) is 11.8. The predicted molar refractivity (Wildman–Crippen MR) is 88.4 cm³/mol. The third-order valence-corrected chi connectivity index (χ3v) is 4.07. The lowest BCUT2D eigenvalue weighted by atomic mass is 10.1. The molecule has 0 bridgehead atoms. The quantitative estimate of drug-likeness (QED) is 0.760. The van der Waals surface area contributed by atoms with Gasteiger partial charge in [-0.2, -0.15) is 0 Å². The van der Waals surface area contributed by atoms with E-state index in [4.69, 9.17) is 4.74 Å². The Labute approximate surface area is 143 Å². The minimum Gasteiger partial charge on any atom is -0.508 e. The molecule has 3 N–H and O–H groups in total. The first-order valence-corrected chi connectivity index (χ1v) is 7.84. The highest BCUT2D eigenvalue weighted by Crippen LogP contribution is 2.27. The number of amides is 1. The van der Waals surface area contributed by atoms with Crippen molar-refractivity contribution in [3.8, 4) is 11.5 Å². The monoisotopic (exact) mass is 345 g/mol. The van der Waals surface area contributed by atoms with E-state index < -0.39 is 22.8 Å². The molecule has 0 spiro atoms. The molecule has 1 aliphatic rings. The number of rotatable bonds is 3. The van der Waals surface area contributed by atoms with Crippen LogP contribution in [-0.4, -0.2) is 32.3 Å². The predicted octanol–water partition coefficient (Wildman–Crippen LogP) is 0.850. The first kappa shape index (κ1) is 17.0. The van der Waals surface area contributed by atoms with Crippen molar-refractivity contribution in [1.29, 1.82) is 0 Å². The van der Waals surface area contributed by atoms with Crippen LogP contribution in [0.15, 0.2) is 29.1 Å². The van der Waals surface area contributed by atoms with Gasteiger partial charge in [-0.25, -0.2) is 4.98 Å². The fraction of sp³-hybridized carbons (Fsp3) is 0.353. The van der Waals surface area contributed by atoms with E-state index >= 15 is 0 Å². The molecular weight excluding hydrogens is 326 g/mol. The third kappa shape index (κ3) is 3.20. The second kappa shape index (κ2) is 6.21. The molecule has 0 aliphatic carbocycles. The van der Waals surface area contributed by atoms with Gasteiger partial charge < -0.3 is 20.3 Å². The Morgan fingerprint density at radius 2 is 2.00 bits per heavy atom. The SMILES string of the molecule is CC1(C)OCCn2c1nc(C(=O)NCc1ccc(O)cc1)c(O)c2=O. The molecule has 2 aromatic rings. The summed E-state index contributed by atoms with van der Waals surface area (Å²) in [5.41, 5.74) is -1.06. The fourth-order valence-electron chi connectivity index (χ4n) is 2.71. The van der Waals surface area contributed by atoms with Gasteiger partial charge in [-0.05, 0) is 31.5 Å². The zero-order valence-corrected chi connectivity index (χ0v) is 13.9. The fourth-order valence-corrected chi connectivity index (χ4v) is 2.71. The van der Waals surface area contributed by atoms with Gasteiger partial charge in [-0.3, -0.25) is 14.2 Å². The van der Waals surface area contributed by atoms with Crippen molar-refractivity contribution in [2.75, 3.05) is 6.61 Å². The van der Waals surface area contributed by atoms with Crippen LogP contribution in [0.25, 0.3) is 0 Å². The number of nitrogens with one attached hydrogen (secondary N) is 1. The number of aromatic hydroxyl groups is 2. The molecule has 0 saturated carbocycles. The molecule has 1 aromatic carbocycles. The average molecular weight is 345 g/mol. The van der Waals surface area contributed by atoms with Crippen LogP contribution in [0.5, 0.6) is 11.5 Å². The maximum Gasteiger partial charge on any atom is 0.296 e. The molecule has 8 heteroatoms. The van der Waals surface area contributed by atoms with Crippen LogP contribution < -0.4 is 10.9 Å². The molecule has 2 heterocycles.